The Balaban J connectivity index is 2.08. The van der Waals surface area contributed by atoms with Gasteiger partial charge in [0.2, 0.25) is 0 Å². The van der Waals surface area contributed by atoms with Crippen molar-refractivity contribution in [3.05, 3.63) is 54.6 Å². The van der Waals surface area contributed by atoms with Crippen LogP contribution in [0, 0.1) is 0 Å². The minimum Gasteiger partial charge on any atom is -0.481 e. The number of rotatable bonds is 3. The standard InChI is InChI=1S/C17H14O3/c1-19-17(18)11-20-16-8-4-7-14-9-12-5-2-3-6-13(12)10-15(14)16/h2-10H,11H2,1H3. The van der Waals surface area contributed by atoms with Crippen LogP contribution in [-0.4, -0.2) is 19.7 Å². The van der Waals surface area contributed by atoms with Crippen LogP contribution in [0.3, 0.4) is 0 Å². The van der Waals surface area contributed by atoms with Crippen LogP contribution in [0.1, 0.15) is 0 Å². The second kappa shape index (κ2) is 5.21. The van der Waals surface area contributed by atoms with E-state index in [9.17, 15) is 4.79 Å². The minimum absolute atomic E-state index is 0.0809. The average molecular weight is 266 g/mol. The maximum atomic E-state index is 11.2. The zero-order chi connectivity index (χ0) is 13.9. The zero-order valence-corrected chi connectivity index (χ0v) is 11.1. The summed E-state index contributed by atoms with van der Waals surface area (Å²) in [5.74, 6) is 0.307. The Labute approximate surface area is 116 Å². The fraction of sp³-hybridized carbons (Fsp3) is 0.118. The van der Waals surface area contributed by atoms with Crippen molar-refractivity contribution in [2.75, 3.05) is 13.7 Å². The third-order valence-corrected chi connectivity index (χ3v) is 3.28. The monoisotopic (exact) mass is 266 g/mol. The molecule has 3 aromatic carbocycles. The van der Waals surface area contributed by atoms with E-state index in [-0.39, 0.29) is 12.6 Å². The Hall–Kier alpha value is -2.55. The molecule has 3 rings (SSSR count). The smallest absolute Gasteiger partial charge is 0.343 e. The second-order valence-corrected chi connectivity index (χ2v) is 4.54. The van der Waals surface area contributed by atoms with Crippen molar-refractivity contribution in [2.45, 2.75) is 0 Å². The summed E-state index contributed by atoms with van der Waals surface area (Å²) in [6, 6.07) is 18.2. The predicted octanol–water partition coefficient (Wildman–Crippen LogP) is 3.54. The van der Waals surface area contributed by atoms with Gasteiger partial charge in [-0.3, -0.25) is 0 Å². The highest BCUT2D eigenvalue weighted by molar-refractivity contribution is 6.00. The summed E-state index contributed by atoms with van der Waals surface area (Å²) in [5.41, 5.74) is 0. The van der Waals surface area contributed by atoms with E-state index in [1.807, 2.05) is 30.3 Å². The third-order valence-electron chi connectivity index (χ3n) is 3.28. The predicted molar refractivity (Wildman–Crippen MR) is 79.0 cm³/mol. The number of fused-ring (bicyclic) bond motifs is 2. The van der Waals surface area contributed by atoms with Gasteiger partial charge in [0.1, 0.15) is 5.75 Å². The molecular weight excluding hydrogens is 252 g/mol. The number of carbonyl (C=O) groups excluding carboxylic acids is 1. The summed E-state index contributed by atoms with van der Waals surface area (Å²) < 4.78 is 10.1. The molecule has 0 N–H and O–H groups in total. The number of hydrogen-bond acceptors (Lipinski definition) is 3. The van der Waals surface area contributed by atoms with Crippen LogP contribution in [0.15, 0.2) is 54.6 Å². The lowest BCUT2D eigenvalue weighted by Gasteiger charge is -2.09. The van der Waals surface area contributed by atoms with E-state index in [1.54, 1.807) is 0 Å². The summed E-state index contributed by atoms with van der Waals surface area (Å²) in [6.45, 7) is -0.0809. The summed E-state index contributed by atoms with van der Waals surface area (Å²) in [6.07, 6.45) is 0. The van der Waals surface area contributed by atoms with Gasteiger partial charge in [-0.05, 0) is 34.4 Å². The quantitative estimate of drug-likeness (QED) is 0.537. The molecular formula is C17H14O3. The van der Waals surface area contributed by atoms with Gasteiger partial charge < -0.3 is 9.47 Å². The minimum atomic E-state index is -0.386. The van der Waals surface area contributed by atoms with Gasteiger partial charge in [-0.25, -0.2) is 4.79 Å². The average Bonchev–Trinajstić information content (AvgIpc) is 2.50. The van der Waals surface area contributed by atoms with E-state index in [0.717, 1.165) is 16.2 Å². The van der Waals surface area contributed by atoms with Crippen molar-refractivity contribution >= 4 is 27.5 Å². The highest BCUT2D eigenvalue weighted by atomic mass is 16.6. The molecule has 0 spiro atoms. The first-order valence-corrected chi connectivity index (χ1v) is 6.39. The first kappa shape index (κ1) is 12.5. The molecule has 0 aromatic heterocycles. The van der Waals surface area contributed by atoms with Crippen molar-refractivity contribution in [3.63, 3.8) is 0 Å². The van der Waals surface area contributed by atoms with E-state index < -0.39 is 0 Å². The van der Waals surface area contributed by atoms with Crippen molar-refractivity contribution in [3.8, 4) is 5.75 Å². The van der Waals surface area contributed by atoms with Gasteiger partial charge in [-0.1, -0.05) is 36.4 Å². The molecule has 0 aliphatic carbocycles. The van der Waals surface area contributed by atoms with Crippen molar-refractivity contribution in [2.24, 2.45) is 0 Å². The lowest BCUT2D eigenvalue weighted by Crippen LogP contribution is -2.12. The Morgan fingerprint density at radius 1 is 0.950 bits per heavy atom. The van der Waals surface area contributed by atoms with Gasteiger partial charge in [0.05, 0.1) is 7.11 Å². The Morgan fingerprint density at radius 2 is 1.65 bits per heavy atom. The summed E-state index contributed by atoms with van der Waals surface area (Å²) in [7, 11) is 1.35. The molecule has 3 nitrogen and oxygen atoms in total. The van der Waals surface area contributed by atoms with Crippen LogP contribution in [-0.2, 0) is 9.53 Å². The highest BCUT2D eigenvalue weighted by Crippen LogP contribution is 2.29. The van der Waals surface area contributed by atoms with Crippen LogP contribution < -0.4 is 4.74 Å². The van der Waals surface area contributed by atoms with Gasteiger partial charge in [-0.15, -0.1) is 0 Å². The van der Waals surface area contributed by atoms with Crippen LogP contribution in [0.4, 0.5) is 0 Å². The van der Waals surface area contributed by atoms with Crippen LogP contribution in [0.25, 0.3) is 21.5 Å². The van der Waals surface area contributed by atoms with E-state index in [1.165, 1.54) is 12.5 Å². The lowest BCUT2D eigenvalue weighted by atomic mass is 10.0. The molecule has 0 saturated carbocycles. The van der Waals surface area contributed by atoms with E-state index in [2.05, 4.69) is 29.0 Å². The number of carbonyl (C=O) groups is 1. The SMILES string of the molecule is COC(=O)COc1cccc2cc3ccccc3cc12. The Bertz CT molecular complexity index is 777. The van der Waals surface area contributed by atoms with Gasteiger partial charge in [0.15, 0.2) is 6.61 Å². The topological polar surface area (TPSA) is 35.5 Å². The normalized spacial score (nSPS) is 10.7. The molecule has 0 aliphatic heterocycles. The fourth-order valence-electron chi connectivity index (χ4n) is 2.26. The lowest BCUT2D eigenvalue weighted by molar-refractivity contribution is -0.142. The van der Waals surface area contributed by atoms with Gasteiger partial charge in [-0.2, -0.15) is 0 Å². The Kier molecular flexibility index (Phi) is 3.25. The number of esters is 1. The molecule has 0 atom stereocenters. The van der Waals surface area contributed by atoms with Crippen molar-refractivity contribution in [1.82, 2.24) is 0 Å². The molecule has 0 amide bonds. The zero-order valence-electron chi connectivity index (χ0n) is 11.1. The fourth-order valence-corrected chi connectivity index (χ4v) is 2.26. The molecule has 0 bridgehead atoms. The second-order valence-electron chi connectivity index (χ2n) is 4.54. The molecule has 0 heterocycles. The molecule has 3 aromatic rings. The number of methoxy groups -OCH3 is 1. The van der Waals surface area contributed by atoms with Gasteiger partial charge >= 0.3 is 5.97 Å². The molecule has 0 fully saturated rings. The molecule has 0 aliphatic rings. The molecule has 20 heavy (non-hydrogen) atoms. The number of ether oxygens (including phenoxy) is 2. The molecule has 0 radical (unpaired) electrons. The van der Waals surface area contributed by atoms with Gasteiger partial charge in [0, 0.05) is 5.39 Å². The first-order valence-electron chi connectivity index (χ1n) is 6.39. The summed E-state index contributed by atoms with van der Waals surface area (Å²) >= 11 is 0. The number of benzene rings is 3. The maximum absolute atomic E-state index is 11.2. The maximum Gasteiger partial charge on any atom is 0.343 e. The molecule has 3 heteroatoms. The van der Waals surface area contributed by atoms with E-state index >= 15 is 0 Å². The highest BCUT2D eigenvalue weighted by Gasteiger charge is 2.06. The van der Waals surface area contributed by atoms with Crippen molar-refractivity contribution < 1.29 is 14.3 Å². The third kappa shape index (κ3) is 2.30. The summed E-state index contributed by atoms with van der Waals surface area (Å²) in [5, 5.41) is 4.42. The van der Waals surface area contributed by atoms with Gasteiger partial charge in [0.25, 0.3) is 0 Å². The van der Waals surface area contributed by atoms with E-state index in [4.69, 9.17) is 4.74 Å². The van der Waals surface area contributed by atoms with E-state index in [0.29, 0.717) is 5.75 Å². The summed E-state index contributed by atoms with van der Waals surface area (Å²) in [4.78, 5) is 11.2. The van der Waals surface area contributed by atoms with Crippen LogP contribution >= 0.6 is 0 Å². The molecule has 100 valence electrons. The largest absolute Gasteiger partial charge is 0.481 e. The number of hydrogen-bond donors (Lipinski definition) is 0. The molecule has 0 unspecified atom stereocenters. The first-order chi connectivity index (χ1) is 9.78. The Morgan fingerprint density at radius 3 is 2.40 bits per heavy atom. The van der Waals surface area contributed by atoms with Crippen molar-refractivity contribution in [1.29, 1.82) is 0 Å². The molecule has 0 saturated heterocycles. The van der Waals surface area contributed by atoms with Crippen LogP contribution in [0.2, 0.25) is 0 Å². The van der Waals surface area contributed by atoms with Crippen LogP contribution in [0.5, 0.6) is 5.75 Å².